The van der Waals surface area contributed by atoms with Gasteiger partial charge in [-0.05, 0) is 63.5 Å². The smallest absolute Gasteiger partial charge is 0.209 e. The Kier molecular flexibility index (Phi) is 8.02. The Balaban J connectivity index is 1.81. The van der Waals surface area contributed by atoms with E-state index in [2.05, 4.69) is 4.98 Å². The highest BCUT2D eigenvalue weighted by Gasteiger charge is 2.24. The van der Waals surface area contributed by atoms with E-state index < -0.39 is 15.6 Å². The molecule has 2 N–H and O–H groups in total. The zero-order chi connectivity index (χ0) is 24.3. The van der Waals surface area contributed by atoms with E-state index in [4.69, 9.17) is 28.9 Å². The summed E-state index contributed by atoms with van der Waals surface area (Å²) < 4.78 is 25.1. The highest BCUT2D eigenvalue weighted by atomic mass is 35.5. The number of carbonyl (C=O) groups is 1. The highest BCUT2D eigenvalue weighted by molar-refractivity contribution is 7.91. The number of thiazole rings is 1. The van der Waals surface area contributed by atoms with Crippen molar-refractivity contribution >= 4 is 66.8 Å². The number of anilines is 3. The van der Waals surface area contributed by atoms with Crippen molar-refractivity contribution in [1.82, 2.24) is 9.88 Å². The average molecular weight is 527 g/mol. The number of carbonyl (C=O) groups excluding carboxylic acids is 1. The average Bonchev–Trinajstić information content (AvgIpc) is 3.14. The predicted octanol–water partition coefficient (Wildman–Crippen LogP) is 4.76. The molecule has 0 atom stereocenters. The van der Waals surface area contributed by atoms with Crippen molar-refractivity contribution in [3.05, 3.63) is 63.0 Å². The van der Waals surface area contributed by atoms with Gasteiger partial charge in [-0.1, -0.05) is 40.6 Å². The molecule has 0 fully saturated rings. The third-order valence-electron chi connectivity index (χ3n) is 4.93. The molecule has 176 valence electrons. The maximum atomic E-state index is 13.0. The van der Waals surface area contributed by atoms with Crippen molar-refractivity contribution in [2.75, 3.05) is 44.1 Å². The van der Waals surface area contributed by atoms with Gasteiger partial charge in [-0.25, -0.2) is 13.4 Å². The van der Waals surface area contributed by atoms with Gasteiger partial charge in [0, 0.05) is 12.7 Å². The van der Waals surface area contributed by atoms with E-state index in [0.717, 1.165) is 11.3 Å². The normalized spacial score (nSPS) is 11.7. The first kappa shape index (κ1) is 25.5. The Morgan fingerprint density at radius 1 is 1.06 bits per heavy atom. The summed E-state index contributed by atoms with van der Waals surface area (Å²) in [5.74, 6) is -0.248. The molecule has 0 unspecified atom stereocenters. The zero-order valence-corrected chi connectivity index (χ0v) is 21.5. The summed E-state index contributed by atoms with van der Waals surface area (Å²) >= 11 is 13.4. The molecule has 3 aromatic rings. The van der Waals surface area contributed by atoms with Crippen LogP contribution >= 0.6 is 34.5 Å². The Hall–Kier alpha value is -2.17. The maximum Gasteiger partial charge on any atom is 0.209 e. The molecule has 0 radical (unpaired) electrons. The molecule has 2 aromatic carbocycles. The third-order valence-corrected chi connectivity index (χ3v) is 8.52. The number of hydrogen-bond acceptors (Lipinski definition) is 8. The fourth-order valence-corrected chi connectivity index (χ4v) is 5.91. The first-order valence-corrected chi connectivity index (χ1v) is 13.2. The maximum absolute atomic E-state index is 13.0. The molecule has 0 spiro atoms. The molecule has 0 aliphatic rings. The number of nitrogen functional groups attached to an aromatic ring is 1. The molecule has 11 heteroatoms. The van der Waals surface area contributed by atoms with Crippen LogP contribution in [0.25, 0.3) is 0 Å². The van der Waals surface area contributed by atoms with Gasteiger partial charge in [-0.3, -0.25) is 4.79 Å². The molecule has 1 heterocycles. The van der Waals surface area contributed by atoms with Crippen LogP contribution in [0, 0.1) is 0 Å². The first-order valence-electron chi connectivity index (χ1n) is 9.97. The standard InChI is InChI=1S/C22H24Cl2N4O3S2/c1-27(2)12-5-13-33(30,31)15-10-8-14(9-11-15)28(3)22-26-21(25)20(32-22)19(29)18-16(23)6-4-7-17(18)24/h4,6-11H,5,12-13,25H2,1-3H3. The molecular weight excluding hydrogens is 503 g/mol. The number of sulfone groups is 1. The number of nitrogens with zero attached hydrogens (tertiary/aromatic N) is 3. The largest absolute Gasteiger partial charge is 0.382 e. The second-order valence-corrected chi connectivity index (χ2v) is 11.6. The van der Waals surface area contributed by atoms with Gasteiger partial charge in [0.1, 0.15) is 10.7 Å². The van der Waals surface area contributed by atoms with Crippen LogP contribution < -0.4 is 10.6 Å². The van der Waals surface area contributed by atoms with Crippen LogP contribution in [0.2, 0.25) is 10.0 Å². The molecule has 7 nitrogen and oxygen atoms in total. The fraction of sp³-hybridized carbons (Fsp3) is 0.273. The zero-order valence-electron chi connectivity index (χ0n) is 18.4. The Bertz CT molecular complexity index is 1240. The molecule has 0 aliphatic heterocycles. The van der Waals surface area contributed by atoms with Crippen LogP contribution in [0.1, 0.15) is 21.7 Å². The van der Waals surface area contributed by atoms with Crippen LogP contribution in [0.5, 0.6) is 0 Å². The molecule has 0 saturated carbocycles. The van der Waals surface area contributed by atoms with Crippen molar-refractivity contribution in [3.8, 4) is 0 Å². The van der Waals surface area contributed by atoms with E-state index >= 15 is 0 Å². The van der Waals surface area contributed by atoms with Gasteiger partial charge in [-0.2, -0.15) is 0 Å². The predicted molar refractivity (Wildman–Crippen MR) is 136 cm³/mol. The number of benzene rings is 2. The summed E-state index contributed by atoms with van der Waals surface area (Å²) in [6.07, 6.45) is 0.557. The lowest BCUT2D eigenvalue weighted by atomic mass is 10.1. The molecule has 0 bridgehead atoms. The van der Waals surface area contributed by atoms with E-state index in [1.165, 1.54) is 0 Å². The number of aromatic nitrogens is 1. The van der Waals surface area contributed by atoms with Gasteiger partial charge in [0.05, 0.1) is 26.3 Å². The summed E-state index contributed by atoms with van der Waals surface area (Å²) in [5.41, 5.74) is 6.90. The Morgan fingerprint density at radius 2 is 1.67 bits per heavy atom. The van der Waals surface area contributed by atoms with Crippen molar-refractivity contribution in [1.29, 1.82) is 0 Å². The van der Waals surface area contributed by atoms with Gasteiger partial charge < -0.3 is 15.5 Å². The molecule has 1 aromatic heterocycles. The first-order chi connectivity index (χ1) is 15.5. The number of nitrogens with two attached hydrogens (primary N) is 1. The Labute approximate surface area is 207 Å². The lowest BCUT2D eigenvalue weighted by Crippen LogP contribution is -2.17. The molecular formula is C22H24Cl2N4O3S2. The van der Waals surface area contributed by atoms with Crippen LogP contribution in [-0.2, 0) is 9.84 Å². The second kappa shape index (κ2) is 10.4. The molecule has 33 heavy (non-hydrogen) atoms. The van der Waals surface area contributed by atoms with Gasteiger partial charge >= 0.3 is 0 Å². The fourth-order valence-electron chi connectivity index (χ4n) is 3.13. The lowest BCUT2D eigenvalue weighted by Gasteiger charge is -2.16. The van der Waals surface area contributed by atoms with Crippen molar-refractivity contribution in [2.45, 2.75) is 11.3 Å². The monoisotopic (exact) mass is 526 g/mol. The Morgan fingerprint density at radius 3 is 2.24 bits per heavy atom. The second-order valence-electron chi connectivity index (χ2n) is 7.67. The molecule has 0 aliphatic carbocycles. The number of halogens is 2. The van der Waals surface area contributed by atoms with Crippen molar-refractivity contribution in [2.24, 2.45) is 0 Å². The highest BCUT2D eigenvalue weighted by Crippen LogP contribution is 2.36. The van der Waals surface area contributed by atoms with E-state index in [9.17, 15) is 13.2 Å². The van der Waals surface area contributed by atoms with E-state index in [-0.39, 0.29) is 37.0 Å². The topological polar surface area (TPSA) is 96.6 Å². The van der Waals surface area contributed by atoms with Crippen molar-refractivity contribution in [3.63, 3.8) is 0 Å². The SMILES string of the molecule is CN(C)CCCS(=O)(=O)c1ccc(N(C)c2nc(N)c(C(=O)c3c(Cl)cccc3Cl)s2)cc1. The van der Waals surface area contributed by atoms with Gasteiger partial charge in [-0.15, -0.1) is 0 Å². The van der Waals surface area contributed by atoms with Gasteiger partial charge in [0.25, 0.3) is 0 Å². The van der Waals surface area contributed by atoms with Crippen molar-refractivity contribution < 1.29 is 13.2 Å². The van der Waals surface area contributed by atoms with E-state index in [1.807, 2.05) is 19.0 Å². The summed E-state index contributed by atoms with van der Waals surface area (Å²) in [4.78, 5) is 21.5. The van der Waals surface area contributed by atoms with Crippen LogP contribution in [0.3, 0.4) is 0 Å². The summed E-state index contributed by atoms with van der Waals surface area (Å²) in [5, 5.41) is 0.941. The summed E-state index contributed by atoms with van der Waals surface area (Å²) in [6, 6.07) is 11.4. The molecule has 0 saturated heterocycles. The lowest BCUT2D eigenvalue weighted by molar-refractivity contribution is 0.104. The summed E-state index contributed by atoms with van der Waals surface area (Å²) in [6.45, 7) is 0.700. The number of hydrogen-bond donors (Lipinski definition) is 1. The van der Waals surface area contributed by atoms with Crippen LogP contribution in [0.15, 0.2) is 47.4 Å². The molecule has 0 amide bonds. The van der Waals surface area contributed by atoms with Crippen LogP contribution in [0.4, 0.5) is 16.6 Å². The summed E-state index contributed by atoms with van der Waals surface area (Å²) in [7, 11) is 2.21. The van der Waals surface area contributed by atoms with Gasteiger partial charge in [0.15, 0.2) is 15.0 Å². The van der Waals surface area contributed by atoms with E-state index in [1.54, 1.807) is 54.4 Å². The number of ketones is 1. The van der Waals surface area contributed by atoms with E-state index in [0.29, 0.717) is 23.8 Å². The minimum absolute atomic E-state index is 0.0722. The number of rotatable bonds is 9. The third kappa shape index (κ3) is 5.85. The van der Waals surface area contributed by atoms with Gasteiger partial charge in [0.2, 0.25) is 5.78 Å². The van der Waals surface area contributed by atoms with Crippen LogP contribution in [-0.4, -0.2) is 57.5 Å². The minimum Gasteiger partial charge on any atom is -0.382 e. The quantitative estimate of drug-likeness (QED) is 0.401. The minimum atomic E-state index is -3.36. The molecule has 3 rings (SSSR count).